The standard InChI is InChI=1S/C39H45N3O6S/c43-35-25-39(38(45)41-49(46,47)32-19-20-32)24-30(39)15-8-3-1-2-7-14-29(18-17-27-11-5-4-6-12-27)37(44)42-26-31(23-34(35)42)48-36-33-16-10-9-13-28(33)21-22-40-36/h4-6,8-13,15-16,21-22,29-32,34H,1-3,7,14,17-20,23-26H2,(H,41,45)/b15-8-/t29-,30-,31-,34+,39-/m1/s1. The summed E-state index contributed by atoms with van der Waals surface area (Å²) in [5.74, 6) is -0.915. The molecule has 3 heterocycles. The summed E-state index contributed by atoms with van der Waals surface area (Å²) < 4.78 is 34.4. The lowest BCUT2D eigenvalue weighted by Gasteiger charge is -2.29. The Morgan fingerprint density at radius 1 is 0.980 bits per heavy atom. The van der Waals surface area contributed by atoms with Crippen LogP contribution in [-0.2, 0) is 30.8 Å². The molecule has 10 heteroatoms. The van der Waals surface area contributed by atoms with E-state index in [0.717, 1.165) is 49.3 Å². The van der Waals surface area contributed by atoms with Gasteiger partial charge in [0.25, 0.3) is 0 Å². The van der Waals surface area contributed by atoms with Crippen LogP contribution in [-0.4, -0.2) is 59.8 Å². The van der Waals surface area contributed by atoms with Gasteiger partial charge in [-0.25, -0.2) is 13.4 Å². The number of hydrogen-bond donors (Lipinski definition) is 1. The van der Waals surface area contributed by atoms with Gasteiger partial charge in [0, 0.05) is 30.3 Å². The summed E-state index contributed by atoms with van der Waals surface area (Å²) >= 11 is 0. The number of allylic oxidation sites excluding steroid dienone is 2. The molecule has 9 nitrogen and oxygen atoms in total. The second-order valence-electron chi connectivity index (χ2n) is 14.4. The molecule has 1 saturated heterocycles. The first-order valence-corrected chi connectivity index (χ1v) is 19.4. The van der Waals surface area contributed by atoms with Gasteiger partial charge in [-0.2, -0.15) is 0 Å². The van der Waals surface area contributed by atoms with E-state index in [9.17, 15) is 22.8 Å². The number of rotatable bonds is 8. The Hall–Kier alpha value is -4.05. The van der Waals surface area contributed by atoms with Crippen LogP contribution in [0.2, 0.25) is 0 Å². The fourth-order valence-electron chi connectivity index (χ4n) is 7.73. The Bertz CT molecular complexity index is 1840. The number of nitrogens with one attached hydrogen (secondary N) is 1. The van der Waals surface area contributed by atoms with E-state index in [2.05, 4.69) is 27.9 Å². The van der Waals surface area contributed by atoms with Gasteiger partial charge in [-0.1, -0.05) is 73.5 Å². The van der Waals surface area contributed by atoms with E-state index in [4.69, 9.17) is 4.74 Å². The van der Waals surface area contributed by atoms with Gasteiger partial charge in [-0.05, 0) is 80.4 Å². The summed E-state index contributed by atoms with van der Waals surface area (Å²) in [5.41, 5.74) is 0.0234. The van der Waals surface area contributed by atoms with Crippen molar-refractivity contribution in [2.45, 2.75) is 94.4 Å². The maximum absolute atomic E-state index is 14.5. The summed E-state index contributed by atoms with van der Waals surface area (Å²) in [6.45, 7) is 0.237. The van der Waals surface area contributed by atoms with Crippen LogP contribution in [0.1, 0.15) is 76.2 Å². The average Bonchev–Trinajstić information content (AvgIpc) is 4.03. The first-order chi connectivity index (χ1) is 23.7. The molecule has 2 aromatic carbocycles. The van der Waals surface area contributed by atoms with E-state index in [-0.39, 0.29) is 42.9 Å². The molecule has 2 saturated carbocycles. The Kier molecular flexibility index (Phi) is 9.59. The highest BCUT2D eigenvalue weighted by Gasteiger charge is 2.61. The largest absolute Gasteiger partial charge is 0.472 e. The number of aryl methyl sites for hydroxylation is 1. The molecule has 2 aliphatic heterocycles. The van der Waals surface area contributed by atoms with Gasteiger partial charge in [0.1, 0.15) is 6.10 Å². The Morgan fingerprint density at radius 3 is 2.59 bits per heavy atom. The minimum absolute atomic E-state index is 0.0542. The predicted octanol–water partition coefficient (Wildman–Crippen LogP) is 5.93. The Balaban J connectivity index is 1.18. The van der Waals surface area contributed by atoms with Crippen molar-refractivity contribution in [3.8, 4) is 5.88 Å². The van der Waals surface area contributed by atoms with Crippen LogP contribution in [0.5, 0.6) is 5.88 Å². The number of ether oxygens (including phenoxy) is 1. The molecule has 0 radical (unpaired) electrons. The van der Waals surface area contributed by atoms with Crippen molar-refractivity contribution < 1.29 is 27.5 Å². The molecule has 0 bridgehead atoms. The number of ketones is 1. The second kappa shape index (κ2) is 14.1. The lowest BCUT2D eigenvalue weighted by molar-refractivity contribution is -0.142. The molecule has 1 aromatic heterocycles. The minimum atomic E-state index is -3.78. The topological polar surface area (TPSA) is 123 Å². The van der Waals surface area contributed by atoms with Crippen LogP contribution in [0.15, 0.2) is 79.0 Å². The van der Waals surface area contributed by atoms with E-state index in [1.54, 1.807) is 11.1 Å². The van der Waals surface area contributed by atoms with Crippen LogP contribution >= 0.6 is 0 Å². The van der Waals surface area contributed by atoms with Crippen molar-refractivity contribution in [3.05, 3.63) is 84.6 Å². The van der Waals surface area contributed by atoms with Crippen molar-refractivity contribution in [1.29, 1.82) is 0 Å². The first-order valence-electron chi connectivity index (χ1n) is 17.8. The Labute approximate surface area is 288 Å². The van der Waals surface area contributed by atoms with Gasteiger partial charge in [0.2, 0.25) is 27.7 Å². The number of benzene rings is 2. The SMILES string of the molecule is O=C1C[C@]2(C(=O)NS(=O)(=O)C3CC3)C[C@H]2/C=C\CCCCC[C@H](CCc2ccccc2)C(=O)N2C[C@H](Oc3nccc4ccccc34)C[C@@H]12. The maximum Gasteiger partial charge on any atom is 0.240 e. The van der Waals surface area contributed by atoms with Crippen LogP contribution < -0.4 is 9.46 Å². The number of amides is 2. The summed E-state index contributed by atoms with van der Waals surface area (Å²) in [7, 11) is -3.78. The quantitative estimate of drug-likeness (QED) is 0.292. The van der Waals surface area contributed by atoms with E-state index < -0.39 is 38.7 Å². The zero-order valence-corrected chi connectivity index (χ0v) is 28.7. The van der Waals surface area contributed by atoms with Crippen molar-refractivity contribution in [2.24, 2.45) is 17.3 Å². The predicted molar refractivity (Wildman–Crippen MR) is 187 cm³/mol. The van der Waals surface area contributed by atoms with Gasteiger partial charge in [0.05, 0.1) is 23.3 Å². The molecular weight excluding hydrogens is 639 g/mol. The highest BCUT2D eigenvalue weighted by Crippen LogP contribution is 2.57. The normalized spacial score (nSPS) is 28.5. The van der Waals surface area contributed by atoms with Crippen LogP contribution in [0.3, 0.4) is 0 Å². The third-order valence-corrected chi connectivity index (χ3v) is 12.7. The molecule has 0 unspecified atom stereocenters. The maximum atomic E-state index is 14.5. The zero-order valence-electron chi connectivity index (χ0n) is 27.8. The average molecular weight is 684 g/mol. The van der Waals surface area contributed by atoms with Crippen LogP contribution in [0.25, 0.3) is 10.8 Å². The fourth-order valence-corrected chi connectivity index (χ4v) is 9.11. The highest BCUT2D eigenvalue weighted by atomic mass is 32.2. The first kappa shape index (κ1) is 33.4. The van der Waals surface area contributed by atoms with Crippen molar-refractivity contribution in [3.63, 3.8) is 0 Å². The number of carbonyl (C=O) groups excluding carboxylic acids is 3. The number of sulfonamides is 1. The molecule has 49 heavy (non-hydrogen) atoms. The number of carbonyl (C=O) groups is 3. The molecule has 0 spiro atoms. The molecule has 1 N–H and O–H groups in total. The van der Waals surface area contributed by atoms with E-state index in [1.807, 2.05) is 54.6 Å². The number of fused-ring (bicyclic) bond motifs is 3. The zero-order chi connectivity index (χ0) is 34.0. The lowest BCUT2D eigenvalue weighted by atomic mass is 9.90. The monoisotopic (exact) mass is 683 g/mol. The van der Waals surface area contributed by atoms with E-state index in [0.29, 0.717) is 31.6 Å². The van der Waals surface area contributed by atoms with Gasteiger partial charge < -0.3 is 9.64 Å². The van der Waals surface area contributed by atoms with E-state index >= 15 is 0 Å². The number of nitrogens with zero attached hydrogens (tertiary/aromatic N) is 2. The van der Waals surface area contributed by atoms with E-state index in [1.165, 1.54) is 5.56 Å². The molecular formula is C39H45N3O6S. The number of Topliss-reactive ketones (excluding diaryl/α,β-unsaturated/α-hetero) is 1. The highest BCUT2D eigenvalue weighted by molar-refractivity contribution is 7.90. The van der Waals surface area contributed by atoms with Gasteiger partial charge >= 0.3 is 0 Å². The molecule has 7 rings (SSSR count). The van der Waals surface area contributed by atoms with Gasteiger partial charge in [0.15, 0.2) is 5.78 Å². The second-order valence-corrected chi connectivity index (χ2v) is 16.4. The molecule has 3 aromatic rings. The summed E-state index contributed by atoms with van der Waals surface area (Å²) in [6.07, 6.45) is 12.7. The summed E-state index contributed by atoms with van der Waals surface area (Å²) in [4.78, 5) is 48.9. The molecule has 2 amide bonds. The molecule has 2 aliphatic carbocycles. The Morgan fingerprint density at radius 2 is 1.78 bits per heavy atom. The number of hydrogen-bond acceptors (Lipinski definition) is 7. The smallest absolute Gasteiger partial charge is 0.240 e. The molecule has 5 atom stereocenters. The third kappa shape index (κ3) is 7.44. The van der Waals surface area contributed by atoms with Gasteiger partial charge in [-0.3, -0.25) is 19.1 Å². The summed E-state index contributed by atoms with van der Waals surface area (Å²) in [5, 5.41) is 1.29. The molecule has 258 valence electrons. The van der Waals surface area contributed by atoms with Crippen molar-refractivity contribution in [2.75, 3.05) is 6.54 Å². The number of aromatic nitrogens is 1. The summed E-state index contributed by atoms with van der Waals surface area (Å²) in [6, 6.07) is 19.1. The minimum Gasteiger partial charge on any atom is -0.472 e. The molecule has 4 aliphatic rings. The lowest BCUT2D eigenvalue weighted by Crippen LogP contribution is -2.46. The van der Waals surface area contributed by atoms with Gasteiger partial charge in [-0.15, -0.1) is 0 Å². The number of pyridine rings is 1. The van der Waals surface area contributed by atoms with Crippen LogP contribution in [0, 0.1) is 17.3 Å². The van der Waals surface area contributed by atoms with Crippen LogP contribution in [0.4, 0.5) is 0 Å². The van der Waals surface area contributed by atoms with Crippen molar-refractivity contribution in [1.82, 2.24) is 14.6 Å². The third-order valence-electron chi connectivity index (χ3n) is 10.9. The molecule has 3 fully saturated rings. The van der Waals surface area contributed by atoms with Crippen molar-refractivity contribution >= 4 is 38.4 Å². The fraction of sp³-hybridized carbons (Fsp3) is 0.487.